The lowest BCUT2D eigenvalue weighted by molar-refractivity contribution is 0.0895. The number of ether oxygens (including phenoxy) is 2. The molecule has 8 heteroatoms. The van der Waals surface area contributed by atoms with Crippen LogP contribution in [-0.2, 0) is 18.0 Å². The van der Waals surface area contributed by atoms with Crippen LogP contribution in [0.5, 0.6) is 5.75 Å². The lowest BCUT2D eigenvalue weighted by atomic mass is 10.1. The van der Waals surface area contributed by atoms with Gasteiger partial charge in [-0.2, -0.15) is 0 Å². The molecule has 6 nitrogen and oxygen atoms in total. The maximum absolute atomic E-state index is 6.46. The first-order valence-corrected chi connectivity index (χ1v) is 14.0. The van der Waals surface area contributed by atoms with Gasteiger partial charge in [-0.1, -0.05) is 56.0 Å². The molecule has 2 heterocycles. The van der Waals surface area contributed by atoms with E-state index in [-0.39, 0.29) is 0 Å². The maximum Gasteiger partial charge on any atom is 0.165 e. The zero-order valence-corrected chi connectivity index (χ0v) is 19.8. The molecule has 0 saturated heterocycles. The Kier molecular flexibility index (Phi) is 7.17. The molecule has 1 aromatic carbocycles. The highest BCUT2D eigenvalue weighted by Gasteiger charge is 2.17. The van der Waals surface area contributed by atoms with Crippen molar-refractivity contribution < 1.29 is 9.47 Å². The van der Waals surface area contributed by atoms with Crippen molar-refractivity contribution in [1.82, 2.24) is 14.5 Å². The van der Waals surface area contributed by atoms with Crippen molar-refractivity contribution in [2.75, 3.05) is 19.0 Å². The van der Waals surface area contributed by atoms with E-state index in [1.807, 2.05) is 28.8 Å². The van der Waals surface area contributed by atoms with Crippen LogP contribution in [0.25, 0.3) is 17.2 Å². The molecular weight excluding hydrogens is 416 g/mol. The Hall–Kier alpha value is -2.35. The van der Waals surface area contributed by atoms with E-state index in [2.05, 4.69) is 41.5 Å². The predicted molar refractivity (Wildman–Crippen MR) is 127 cm³/mol. The van der Waals surface area contributed by atoms with Crippen molar-refractivity contribution in [3.63, 3.8) is 0 Å². The number of hydrogen-bond acceptors (Lipinski definition) is 5. The Morgan fingerprint density at radius 2 is 1.97 bits per heavy atom. The van der Waals surface area contributed by atoms with E-state index in [1.54, 1.807) is 19.5 Å². The van der Waals surface area contributed by atoms with E-state index in [0.29, 0.717) is 24.1 Å². The second-order valence-electron chi connectivity index (χ2n) is 8.33. The van der Waals surface area contributed by atoms with Gasteiger partial charge in [0.15, 0.2) is 5.65 Å². The van der Waals surface area contributed by atoms with Crippen molar-refractivity contribution in [3.8, 4) is 5.75 Å². The van der Waals surface area contributed by atoms with Crippen molar-refractivity contribution in [2.24, 2.45) is 0 Å². The molecule has 0 saturated carbocycles. The second-order valence-corrected chi connectivity index (χ2v) is 14.3. The molecule has 3 aromatic rings. The molecule has 0 spiro atoms. The monoisotopic (exact) mass is 444 g/mol. The van der Waals surface area contributed by atoms with Crippen molar-refractivity contribution in [2.45, 2.75) is 39.0 Å². The first kappa shape index (κ1) is 22.3. The highest BCUT2D eigenvalue weighted by Crippen LogP contribution is 2.32. The normalized spacial score (nSPS) is 11.6. The van der Waals surface area contributed by atoms with Crippen LogP contribution >= 0.6 is 11.6 Å². The van der Waals surface area contributed by atoms with E-state index < -0.39 is 8.07 Å². The number of hydrogen-bond donors (Lipinski definition) is 1. The number of nitrogens with zero attached hydrogens (tertiary/aromatic N) is 3. The zero-order valence-electron chi connectivity index (χ0n) is 18.0. The zero-order chi connectivity index (χ0) is 21.7. The Bertz CT molecular complexity index is 1010. The minimum absolute atomic E-state index is 0.388. The second kappa shape index (κ2) is 9.64. The summed E-state index contributed by atoms with van der Waals surface area (Å²) in [5.74, 6) is 0.827. The fraction of sp³-hybridized carbons (Fsp3) is 0.364. The van der Waals surface area contributed by atoms with Crippen LogP contribution in [0.1, 0.15) is 11.1 Å². The van der Waals surface area contributed by atoms with Gasteiger partial charge in [-0.25, -0.2) is 9.97 Å². The highest BCUT2D eigenvalue weighted by molar-refractivity contribution is 6.76. The highest BCUT2D eigenvalue weighted by atomic mass is 35.5. The fourth-order valence-corrected chi connectivity index (χ4v) is 4.00. The first-order chi connectivity index (χ1) is 14.3. The molecule has 3 rings (SSSR count). The molecule has 0 aliphatic heterocycles. The molecule has 0 bridgehead atoms. The molecule has 0 radical (unpaired) electrons. The van der Waals surface area contributed by atoms with Gasteiger partial charge in [0, 0.05) is 26.8 Å². The van der Waals surface area contributed by atoms with Crippen LogP contribution in [-0.4, -0.2) is 36.3 Å². The van der Waals surface area contributed by atoms with E-state index in [0.717, 1.165) is 40.7 Å². The van der Waals surface area contributed by atoms with Gasteiger partial charge in [0.05, 0.1) is 19.1 Å². The van der Waals surface area contributed by atoms with Crippen molar-refractivity contribution in [1.29, 1.82) is 0 Å². The third kappa shape index (κ3) is 5.41. The number of anilines is 1. The summed E-state index contributed by atoms with van der Waals surface area (Å²) in [4.78, 5) is 9.11. The molecule has 2 aromatic heterocycles. The molecule has 0 aliphatic carbocycles. The van der Waals surface area contributed by atoms with Gasteiger partial charge in [0.2, 0.25) is 0 Å². The van der Waals surface area contributed by atoms with E-state index in [1.165, 1.54) is 0 Å². The van der Waals surface area contributed by atoms with Crippen LogP contribution in [0.3, 0.4) is 0 Å². The summed E-state index contributed by atoms with van der Waals surface area (Å²) in [7, 11) is 0.529. The van der Waals surface area contributed by atoms with Gasteiger partial charge in [-0.15, -0.1) is 0 Å². The Morgan fingerprint density at radius 1 is 1.23 bits per heavy atom. The number of pyridine rings is 1. The third-order valence-corrected chi connectivity index (χ3v) is 6.79. The summed E-state index contributed by atoms with van der Waals surface area (Å²) < 4.78 is 13.0. The van der Waals surface area contributed by atoms with Gasteiger partial charge >= 0.3 is 0 Å². The smallest absolute Gasteiger partial charge is 0.165 e. The average Bonchev–Trinajstić information content (AvgIpc) is 3.11. The minimum Gasteiger partial charge on any atom is -0.497 e. The van der Waals surface area contributed by atoms with E-state index >= 15 is 0 Å². The number of halogens is 1. The van der Waals surface area contributed by atoms with Crippen LogP contribution in [0.2, 0.25) is 30.8 Å². The van der Waals surface area contributed by atoms with Crippen LogP contribution in [0, 0.1) is 0 Å². The quantitative estimate of drug-likeness (QED) is 0.248. The van der Waals surface area contributed by atoms with Gasteiger partial charge in [-0.3, -0.25) is 4.57 Å². The van der Waals surface area contributed by atoms with Crippen LogP contribution in [0.15, 0.2) is 37.2 Å². The predicted octanol–water partition coefficient (Wildman–Crippen LogP) is 5.66. The van der Waals surface area contributed by atoms with Gasteiger partial charge in [0.1, 0.15) is 23.2 Å². The summed E-state index contributed by atoms with van der Waals surface area (Å²) in [6.45, 7) is 12.6. The number of nitrogens with one attached hydrogen (secondary N) is 1. The summed E-state index contributed by atoms with van der Waals surface area (Å²) in [6.07, 6.45) is 3.45. The number of imidazole rings is 1. The summed E-state index contributed by atoms with van der Waals surface area (Å²) >= 11 is 6.46. The number of benzene rings is 1. The molecule has 0 amide bonds. The van der Waals surface area contributed by atoms with Gasteiger partial charge in [0.25, 0.3) is 0 Å². The molecule has 0 atom stereocenters. The Morgan fingerprint density at radius 3 is 2.60 bits per heavy atom. The fourth-order valence-electron chi connectivity index (χ4n) is 2.99. The lowest BCUT2D eigenvalue weighted by Gasteiger charge is -2.16. The number of aromatic nitrogens is 3. The third-order valence-electron chi connectivity index (χ3n) is 4.80. The Balaban J connectivity index is 1.81. The summed E-state index contributed by atoms with van der Waals surface area (Å²) in [5, 5.41) is 3.84. The van der Waals surface area contributed by atoms with Crippen molar-refractivity contribution in [3.05, 3.63) is 53.5 Å². The van der Waals surface area contributed by atoms with Gasteiger partial charge in [-0.05, 0) is 23.7 Å². The minimum atomic E-state index is -1.13. The number of methoxy groups -OCH3 is 1. The topological polar surface area (TPSA) is 61.2 Å². The SMILES string of the molecule is C=Cc1c(Cl)nc2c(ncn2COCC[Si](C)(C)C)c1NCc1ccc(OC)cc1. The Labute approximate surface area is 183 Å². The number of rotatable bonds is 10. The average molecular weight is 445 g/mol. The standard InChI is InChI=1S/C22H29ClN4O2Si/c1-6-18-19(24-13-16-7-9-17(28-2)10-8-16)20-22(26-21(18)23)27(14-25-20)15-29-11-12-30(3,4)5/h6-10,14H,1,11-13,15H2,2-5H3,(H,24,26). The van der Waals surface area contributed by atoms with E-state index in [4.69, 9.17) is 21.1 Å². The summed E-state index contributed by atoms with van der Waals surface area (Å²) in [5.41, 5.74) is 4.10. The van der Waals surface area contributed by atoms with Gasteiger partial charge < -0.3 is 14.8 Å². The largest absolute Gasteiger partial charge is 0.497 e. The molecule has 0 aliphatic rings. The molecule has 160 valence electrons. The molecule has 30 heavy (non-hydrogen) atoms. The molecule has 1 N–H and O–H groups in total. The molecule has 0 fully saturated rings. The van der Waals surface area contributed by atoms with Crippen LogP contribution < -0.4 is 10.1 Å². The number of fused-ring (bicyclic) bond motifs is 1. The maximum atomic E-state index is 6.46. The van der Waals surface area contributed by atoms with Crippen LogP contribution in [0.4, 0.5) is 5.69 Å². The molecular formula is C22H29ClN4O2Si. The first-order valence-electron chi connectivity index (χ1n) is 9.93. The van der Waals surface area contributed by atoms with E-state index in [9.17, 15) is 0 Å². The lowest BCUT2D eigenvalue weighted by Crippen LogP contribution is -2.22. The summed E-state index contributed by atoms with van der Waals surface area (Å²) in [6, 6.07) is 9.03. The van der Waals surface area contributed by atoms with Crippen molar-refractivity contribution >= 4 is 42.6 Å². The molecule has 0 unspecified atom stereocenters.